The quantitative estimate of drug-likeness (QED) is 0.750. The molecule has 1 aliphatic rings. The third-order valence-electron chi connectivity index (χ3n) is 4.53. The maximum absolute atomic E-state index is 12.7. The molecule has 1 aliphatic heterocycles. The van der Waals surface area contributed by atoms with E-state index >= 15 is 0 Å². The highest BCUT2D eigenvalue weighted by Gasteiger charge is 2.28. The summed E-state index contributed by atoms with van der Waals surface area (Å²) in [6.45, 7) is 1.96. The summed E-state index contributed by atoms with van der Waals surface area (Å²) in [6.07, 6.45) is 8.15. The van der Waals surface area contributed by atoms with Crippen molar-refractivity contribution in [2.45, 2.75) is 25.3 Å². The fraction of sp³-hybridized carbons (Fsp3) is 0.353. The first-order valence-corrected chi connectivity index (χ1v) is 9.37. The van der Waals surface area contributed by atoms with E-state index in [1.54, 1.807) is 22.4 Å². The molecular formula is C17H18N6O2S. The molecule has 0 aliphatic carbocycles. The molecule has 0 bridgehead atoms. The van der Waals surface area contributed by atoms with Crippen molar-refractivity contribution in [1.29, 1.82) is 0 Å². The van der Waals surface area contributed by atoms with Crippen molar-refractivity contribution in [3.63, 3.8) is 0 Å². The number of hydrogen-bond donors (Lipinski definition) is 1. The number of aromatic amines is 1. The van der Waals surface area contributed by atoms with Gasteiger partial charge < -0.3 is 14.5 Å². The Morgan fingerprint density at radius 2 is 2.27 bits per heavy atom. The van der Waals surface area contributed by atoms with E-state index in [2.05, 4.69) is 24.5 Å². The number of rotatable bonds is 4. The molecule has 134 valence electrons. The summed E-state index contributed by atoms with van der Waals surface area (Å²) in [5.74, 6) is 0.984. The van der Waals surface area contributed by atoms with Gasteiger partial charge in [-0.15, -0.1) is 11.3 Å². The molecule has 1 amide bonds. The van der Waals surface area contributed by atoms with E-state index in [1.807, 2.05) is 17.1 Å². The number of nitrogens with one attached hydrogen (secondary N) is 1. The minimum absolute atomic E-state index is 0.163. The van der Waals surface area contributed by atoms with Crippen LogP contribution in [0.5, 0.6) is 0 Å². The molecule has 9 heteroatoms. The topological polar surface area (TPSA) is 96.8 Å². The van der Waals surface area contributed by atoms with E-state index in [1.165, 1.54) is 6.20 Å². The number of hydrogen-bond acceptors (Lipinski definition) is 6. The highest BCUT2D eigenvalue weighted by molar-refractivity contribution is 7.07. The summed E-state index contributed by atoms with van der Waals surface area (Å²) < 4.78 is 2.10. The third-order valence-corrected chi connectivity index (χ3v) is 5.16. The lowest BCUT2D eigenvalue weighted by molar-refractivity contribution is 0.0697. The van der Waals surface area contributed by atoms with Gasteiger partial charge in [0.1, 0.15) is 11.5 Å². The van der Waals surface area contributed by atoms with Crippen LogP contribution >= 0.6 is 11.3 Å². The number of carbonyl (C=O) groups is 1. The standard InChI is InChI=1S/C17H18N6O2S/c24-15-7-19-14(6-20-15)17(25)23-4-1-2-12(8-23)16-18-3-5-22(16)9-13-10-26-11-21-13/h3,5-7,10-12H,1-2,4,8-9H2,(H,20,24)/t12-/m0/s1. The van der Waals surface area contributed by atoms with E-state index < -0.39 is 0 Å². The Morgan fingerprint density at radius 1 is 1.35 bits per heavy atom. The number of nitrogens with zero attached hydrogens (tertiary/aromatic N) is 5. The van der Waals surface area contributed by atoms with Crippen LogP contribution in [0.2, 0.25) is 0 Å². The fourth-order valence-corrected chi connectivity index (χ4v) is 3.85. The monoisotopic (exact) mass is 370 g/mol. The van der Waals surface area contributed by atoms with Crippen LogP contribution < -0.4 is 5.56 Å². The van der Waals surface area contributed by atoms with Gasteiger partial charge in [-0.3, -0.25) is 9.59 Å². The zero-order chi connectivity index (χ0) is 17.9. The van der Waals surface area contributed by atoms with E-state index in [0.29, 0.717) is 19.6 Å². The Hall–Kier alpha value is -2.81. The summed E-state index contributed by atoms with van der Waals surface area (Å²) in [5.41, 5.74) is 2.78. The average Bonchev–Trinajstić information content (AvgIpc) is 3.34. The SMILES string of the molecule is O=C(c1c[nH]c(=O)cn1)N1CCC[C@H](c2nccn2Cc2cscn2)C1. The Morgan fingerprint density at radius 3 is 3.04 bits per heavy atom. The number of carbonyl (C=O) groups excluding carboxylic acids is 1. The van der Waals surface area contributed by atoms with Crippen LogP contribution in [-0.4, -0.2) is 48.4 Å². The van der Waals surface area contributed by atoms with Crippen LogP contribution in [0.4, 0.5) is 0 Å². The Bertz CT molecular complexity index is 928. The van der Waals surface area contributed by atoms with Gasteiger partial charge in [-0.1, -0.05) is 0 Å². The molecule has 26 heavy (non-hydrogen) atoms. The molecule has 1 fully saturated rings. The second-order valence-electron chi connectivity index (χ2n) is 6.28. The number of likely N-dealkylation sites (tertiary alicyclic amines) is 1. The molecule has 0 radical (unpaired) electrons. The number of thiazole rings is 1. The number of piperidine rings is 1. The molecular weight excluding hydrogens is 352 g/mol. The number of amides is 1. The summed E-state index contributed by atoms with van der Waals surface area (Å²) in [7, 11) is 0. The zero-order valence-electron chi connectivity index (χ0n) is 14.0. The van der Waals surface area contributed by atoms with Gasteiger partial charge in [-0.05, 0) is 12.8 Å². The smallest absolute Gasteiger partial charge is 0.273 e. The van der Waals surface area contributed by atoms with E-state index in [0.717, 1.165) is 30.6 Å². The van der Waals surface area contributed by atoms with Gasteiger partial charge in [0.15, 0.2) is 0 Å². The Kier molecular flexibility index (Phi) is 4.61. The maximum Gasteiger partial charge on any atom is 0.273 e. The van der Waals surface area contributed by atoms with Crippen LogP contribution in [0.3, 0.4) is 0 Å². The van der Waals surface area contributed by atoms with Gasteiger partial charge in [0.25, 0.3) is 11.5 Å². The van der Waals surface area contributed by atoms with Crippen LogP contribution in [0.15, 0.2) is 40.5 Å². The highest BCUT2D eigenvalue weighted by atomic mass is 32.1. The van der Waals surface area contributed by atoms with Gasteiger partial charge in [0, 0.05) is 43.0 Å². The lowest BCUT2D eigenvalue weighted by Gasteiger charge is -2.32. The van der Waals surface area contributed by atoms with E-state index in [9.17, 15) is 9.59 Å². The lowest BCUT2D eigenvalue weighted by atomic mass is 9.96. The van der Waals surface area contributed by atoms with Crippen molar-refractivity contribution >= 4 is 17.2 Å². The Balaban J connectivity index is 1.50. The molecule has 1 N–H and O–H groups in total. The zero-order valence-corrected chi connectivity index (χ0v) is 14.9. The fourth-order valence-electron chi connectivity index (χ4n) is 3.30. The molecule has 0 saturated carbocycles. The Labute approximate surface area is 153 Å². The first kappa shape index (κ1) is 16.6. The van der Waals surface area contributed by atoms with Crippen molar-refractivity contribution in [2.24, 2.45) is 0 Å². The molecule has 0 spiro atoms. The molecule has 3 aromatic heterocycles. The van der Waals surface area contributed by atoms with Crippen molar-refractivity contribution in [1.82, 2.24) is 29.4 Å². The average molecular weight is 370 g/mol. The molecule has 4 heterocycles. The predicted octanol–water partition coefficient (Wildman–Crippen LogP) is 1.49. The highest BCUT2D eigenvalue weighted by Crippen LogP contribution is 2.27. The lowest BCUT2D eigenvalue weighted by Crippen LogP contribution is -2.40. The molecule has 0 aromatic carbocycles. The summed E-state index contributed by atoms with van der Waals surface area (Å²) in [5, 5.41) is 2.03. The van der Waals surface area contributed by atoms with E-state index in [-0.39, 0.29) is 23.1 Å². The van der Waals surface area contributed by atoms with Crippen LogP contribution in [0, 0.1) is 0 Å². The van der Waals surface area contributed by atoms with Crippen molar-refractivity contribution in [3.05, 3.63) is 63.2 Å². The number of aromatic nitrogens is 5. The largest absolute Gasteiger partial charge is 0.337 e. The van der Waals surface area contributed by atoms with Crippen molar-refractivity contribution in [2.75, 3.05) is 13.1 Å². The normalized spacial score (nSPS) is 17.4. The maximum atomic E-state index is 12.7. The second kappa shape index (κ2) is 7.20. The first-order chi connectivity index (χ1) is 12.7. The van der Waals surface area contributed by atoms with E-state index in [4.69, 9.17) is 0 Å². The van der Waals surface area contributed by atoms with Gasteiger partial charge >= 0.3 is 0 Å². The van der Waals surface area contributed by atoms with Gasteiger partial charge in [0.2, 0.25) is 0 Å². The van der Waals surface area contributed by atoms with Gasteiger partial charge in [-0.25, -0.2) is 15.0 Å². The summed E-state index contributed by atoms with van der Waals surface area (Å²) >= 11 is 1.58. The molecule has 8 nitrogen and oxygen atoms in total. The third kappa shape index (κ3) is 3.43. The summed E-state index contributed by atoms with van der Waals surface area (Å²) in [4.78, 5) is 40.9. The minimum atomic E-state index is -0.317. The van der Waals surface area contributed by atoms with Gasteiger partial charge in [-0.2, -0.15) is 0 Å². The first-order valence-electron chi connectivity index (χ1n) is 8.43. The van der Waals surface area contributed by atoms with Crippen LogP contribution in [0.1, 0.15) is 40.8 Å². The van der Waals surface area contributed by atoms with Crippen LogP contribution in [0.25, 0.3) is 0 Å². The van der Waals surface area contributed by atoms with Crippen molar-refractivity contribution in [3.8, 4) is 0 Å². The minimum Gasteiger partial charge on any atom is -0.337 e. The molecule has 1 saturated heterocycles. The number of imidazole rings is 1. The van der Waals surface area contributed by atoms with Crippen LogP contribution in [-0.2, 0) is 6.54 Å². The molecule has 4 rings (SSSR count). The predicted molar refractivity (Wildman–Crippen MR) is 96.2 cm³/mol. The molecule has 3 aromatic rings. The van der Waals surface area contributed by atoms with Gasteiger partial charge in [0.05, 0.1) is 23.9 Å². The molecule has 0 unspecified atom stereocenters. The number of H-pyrrole nitrogens is 1. The second-order valence-corrected chi connectivity index (χ2v) is 7.00. The summed E-state index contributed by atoms with van der Waals surface area (Å²) in [6, 6.07) is 0. The van der Waals surface area contributed by atoms with Crippen molar-refractivity contribution < 1.29 is 4.79 Å². The molecule has 1 atom stereocenters.